The predicted octanol–water partition coefficient (Wildman–Crippen LogP) is 4.74. The third kappa shape index (κ3) is 5.55. The van der Waals surface area contributed by atoms with Crippen molar-refractivity contribution in [2.24, 2.45) is 5.10 Å². The van der Waals surface area contributed by atoms with Crippen LogP contribution in [0.4, 0.5) is 5.69 Å². The summed E-state index contributed by atoms with van der Waals surface area (Å²) in [5, 5.41) is 9.66. The Hall–Kier alpha value is -3.42. The standard InChI is InChI=1S/C26H27ClN4O3/c1-3-18-7-4-5-8-21(18)28-25(32)16-30(2)17-26(33)31-23(24-9-6-14-34-24)15-22(29-31)19-10-12-20(27)13-11-19/h4-14,23H,3,15-17H2,1-2H3,(H,28,32). The Morgan fingerprint density at radius 1 is 1.12 bits per heavy atom. The van der Waals surface area contributed by atoms with Crippen LogP contribution >= 0.6 is 11.6 Å². The van der Waals surface area contributed by atoms with Crippen LogP contribution in [0.1, 0.15) is 36.3 Å². The number of likely N-dealkylation sites (N-methyl/N-ethyl adjacent to an activating group) is 1. The first kappa shape index (κ1) is 23.7. The summed E-state index contributed by atoms with van der Waals surface area (Å²) in [5.74, 6) is 0.276. The van der Waals surface area contributed by atoms with E-state index in [1.807, 2.05) is 49.4 Å². The number of nitrogens with zero attached hydrogens (tertiary/aromatic N) is 3. The van der Waals surface area contributed by atoms with Gasteiger partial charge in [-0.05, 0) is 54.9 Å². The van der Waals surface area contributed by atoms with Gasteiger partial charge >= 0.3 is 0 Å². The second kappa shape index (κ2) is 10.7. The lowest BCUT2D eigenvalue weighted by Gasteiger charge is -2.23. The molecule has 1 aliphatic rings. The molecule has 1 atom stereocenters. The molecule has 1 aromatic heterocycles. The van der Waals surface area contributed by atoms with Gasteiger partial charge in [-0.3, -0.25) is 14.5 Å². The first-order valence-electron chi connectivity index (χ1n) is 11.2. The maximum absolute atomic E-state index is 13.2. The van der Waals surface area contributed by atoms with Crippen molar-refractivity contribution in [1.29, 1.82) is 0 Å². The SMILES string of the molecule is CCc1ccccc1NC(=O)CN(C)CC(=O)N1N=C(c2ccc(Cl)cc2)CC1c1ccco1. The molecule has 34 heavy (non-hydrogen) atoms. The van der Waals surface area contributed by atoms with E-state index in [0.717, 1.165) is 28.9 Å². The van der Waals surface area contributed by atoms with Gasteiger partial charge in [0.2, 0.25) is 5.91 Å². The number of aryl methyl sites for hydroxylation is 1. The van der Waals surface area contributed by atoms with Gasteiger partial charge in [-0.2, -0.15) is 5.10 Å². The number of nitrogens with one attached hydrogen (secondary N) is 1. The number of amides is 2. The highest BCUT2D eigenvalue weighted by atomic mass is 35.5. The Morgan fingerprint density at radius 3 is 2.59 bits per heavy atom. The Balaban J connectivity index is 1.43. The normalized spacial score (nSPS) is 15.5. The highest BCUT2D eigenvalue weighted by Crippen LogP contribution is 2.33. The van der Waals surface area contributed by atoms with Crippen LogP contribution in [-0.2, 0) is 16.0 Å². The van der Waals surface area contributed by atoms with Crippen molar-refractivity contribution in [1.82, 2.24) is 9.91 Å². The van der Waals surface area contributed by atoms with Crippen LogP contribution in [0.3, 0.4) is 0 Å². The average Bonchev–Trinajstić information content (AvgIpc) is 3.50. The fraction of sp³-hybridized carbons (Fsp3) is 0.269. The number of para-hydroxylation sites is 1. The van der Waals surface area contributed by atoms with E-state index in [1.54, 1.807) is 36.4 Å². The molecule has 176 valence electrons. The number of benzene rings is 2. The van der Waals surface area contributed by atoms with Gasteiger partial charge in [-0.15, -0.1) is 0 Å². The number of carbonyl (C=O) groups is 2. The summed E-state index contributed by atoms with van der Waals surface area (Å²) in [5.41, 5.74) is 3.54. The molecule has 1 unspecified atom stereocenters. The maximum atomic E-state index is 13.2. The van der Waals surface area contributed by atoms with Gasteiger partial charge in [-0.1, -0.05) is 48.9 Å². The Morgan fingerprint density at radius 2 is 1.88 bits per heavy atom. The number of carbonyl (C=O) groups excluding carboxylic acids is 2. The summed E-state index contributed by atoms with van der Waals surface area (Å²) in [4.78, 5) is 27.5. The second-order valence-corrected chi connectivity index (χ2v) is 8.69. The highest BCUT2D eigenvalue weighted by Gasteiger charge is 2.35. The molecule has 1 N–H and O–H groups in total. The molecule has 8 heteroatoms. The Kier molecular flexibility index (Phi) is 7.45. The number of hydrogen-bond donors (Lipinski definition) is 1. The number of hydrogen-bond acceptors (Lipinski definition) is 5. The zero-order valence-corrected chi connectivity index (χ0v) is 20.0. The van der Waals surface area contributed by atoms with Crippen molar-refractivity contribution < 1.29 is 14.0 Å². The van der Waals surface area contributed by atoms with E-state index in [1.165, 1.54) is 5.01 Å². The fourth-order valence-electron chi connectivity index (χ4n) is 4.00. The second-order valence-electron chi connectivity index (χ2n) is 8.26. The molecule has 2 aromatic carbocycles. The Bertz CT molecular complexity index is 1180. The molecule has 1 aliphatic heterocycles. The van der Waals surface area contributed by atoms with Crippen LogP contribution in [0.15, 0.2) is 76.4 Å². The van der Waals surface area contributed by atoms with Gasteiger partial charge in [0, 0.05) is 17.1 Å². The molecule has 0 saturated carbocycles. The van der Waals surface area contributed by atoms with Gasteiger partial charge in [0.15, 0.2) is 0 Å². The third-order valence-electron chi connectivity index (χ3n) is 5.71. The minimum absolute atomic E-state index is 0.0391. The van der Waals surface area contributed by atoms with Gasteiger partial charge in [0.25, 0.3) is 5.91 Å². The van der Waals surface area contributed by atoms with E-state index in [0.29, 0.717) is 17.2 Å². The van der Waals surface area contributed by atoms with Crippen molar-refractivity contribution in [2.75, 3.05) is 25.5 Å². The van der Waals surface area contributed by atoms with Gasteiger partial charge < -0.3 is 9.73 Å². The zero-order valence-electron chi connectivity index (χ0n) is 19.2. The van der Waals surface area contributed by atoms with Gasteiger partial charge in [0.05, 0.1) is 25.1 Å². The first-order valence-corrected chi connectivity index (χ1v) is 11.6. The molecule has 3 aromatic rings. The van der Waals surface area contributed by atoms with E-state index < -0.39 is 0 Å². The molecular weight excluding hydrogens is 452 g/mol. The monoisotopic (exact) mass is 478 g/mol. The van der Waals surface area contributed by atoms with Crippen molar-refractivity contribution >= 4 is 34.8 Å². The van der Waals surface area contributed by atoms with E-state index in [9.17, 15) is 9.59 Å². The quantitative estimate of drug-likeness (QED) is 0.507. The van der Waals surface area contributed by atoms with Crippen LogP contribution in [0.5, 0.6) is 0 Å². The van der Waals surface area contributed by atoms with Crippen molar-refractivity contribution in [3.05, 3.63) is 88.8 Å². The number of hydrazone groups is 1. The smallest absolute Gasteiger partial charge is 0.257 e. The Labute approximate surface area is 204 Å². The fourth-order valence-corrected chi connectivity index (χ4v) is 4.13. The van der Waals surface area contributed by atoms with Crippen LogP contribution in [0, 0.1) is 0 Å². The largest absolute Gasteiger partial charge is 0.467 e. The minimum Gasteiger partial charge on any atom is -0.467 e. The molecule has 0 aliphatic carbocycles. The maximum Gasteiger partial charge on any atom is 0.257 e. The summed E-state index contributed by atoms with van der Waals surface area (Å²) >= 11 is 6.02. The molecule has 7 nitrogen and oxygen atoms in total. The predicted molar refractivity (Wildman–Crippen MR) is 133 cm³/mol. The van der Waals surface area contributed by atoms with Crippen molar-refractivity contribution in [2.45, 2.75) is 25.8 Å². The van der Waals surface area contributed by atoms with Crippen LogP contribution in [0.25, 0.3) is 0 Å². The summed E-state index contributed by atoms with van der Waals surface area (Å²) in [7, 11) is 1.74. The molecular formula is C26H27ClN4O3. The van der Waals surface area contributed by atoms with Crippen LogP contribution in [0.2, 0.25) is 5.02 Å². The van der Waals surface area contributed by atoms with Crippen molar-refractivity contribution in [3.63, 3.8) is 0 Å². The molecule has 0 radical (unpaired) electrons. The molecule has 0 fully saturated rings. The molecule has 4 rings (SSSR count). The number of furan rings is 1. The van der Waals surface area contributed by atoms with E-state index in [-0.39, 0.29) is 30.9 Å². The first-order chi connectivity index (χ1) is 16.4. The summed E-state index contributed by atoms with van der Waals surface area (Å²) in [6, 6.07) is 18.4. The van der Waals surface area contributed by atoms with Gasteiger partial charge in [0.1, 0.15) is 11.8 Å². The highest BCUT2D eigenvalue weighted by molar-refractivity contribution is 6.30. The lowest BCUT2D eigenvalue weighted by atomic mass is 10.0. The van der Waals surface area contributed by atoms with E-state index in [2.05, 4.69) is 10.4 Å². The number of halogens is 1. The van der Waals surface area contributed by atoms with Crippen molar-refractivity contribution in [3.8, 4) is 0 Å². The molecule has 2 heterocycles. The van der Waals surface area contributed by atoms with Crippen LogP contribution < -0.4 is 5.32 Å². The lowest BCUT2D eigenvalue weighted by Crippen LogP contribution is -2.39. The summed E-state index contributed by atoms with van der Waals surface area (Å²) < 4.78 is 5.59. The molecule has 0 saturated heterocycles. The minimum atomic E-state index is -0.341. The summed E-state index contributed by atoms with van der Waals surface area (Å²) in [6.07, 6.45) is 2.93. The van der Waals surface area contributed by atoms with Crippen LogP contribution in [-0.4, -0.2) is 47.6 Å². The van der Waals surface area contributed by atoms with E-state index in [4.69, 9.17) is 16.0 Å². The molecule has 0 spiro atoms. The number of rotatable bonds is 8. The summed E-state index contributed by atoms with van der Waals surface area (Å²) in [6.45, 7) is 2.16. The number of anilines is 1. The molecule has 2 amide bonds. The third-order valence-corrected chi connectivity index (χ3v) is 5.96. The zero-order chi connectivity index (χ0) is 24.1. The molecule has 0 bridgehead atoms. The lowest BCUT2D eigenvalue weighted by molar-refractivity contribution is -0.134. The average molecular weight is 479 g/mol. The van der Waals surface area contributed by atoms with E-state index >= 15 is 0 Å². The van der Waals surface area contributed by atoms with Gasteiger partial charge in [-0.25, -0.2) is 5.01 Å². The topological polar surface area (TPSA) is 78.2 Å².